The maximum atomic E-state index is 5.68. The second-order valence-electron chi connectivity index (χ2n) is 10.8. The molecule has 0 aliphatic heterocycles. The third-order valence-electron chi connectivity index (χ3n) is 7.05. The minimum absolute atomic E-state index is 0.353. The summed E-state index contributed by atoms with van der Waals surface area (Å²) in [5.74, 6) is 1.15. The van der Waals surface area contributed by atoms with Gasteiger partial charge in [-0.25, -0.2) is 0 Å². The van der Waals surface area contributed by atoms with E-state index in [1.807, 2.05) is 6.08 Å². The molecule has 2 aromatic carbocycles. The van der Waals surface area contributed by atoms with E-state index in [1.54, 1.807) is 0 Å². The summed E-state index contributed by atoms with van der Waals surface area (Å²) in [7, 11) is 0. The van der Waals surface area contributed by atoms with Crippen LogP contribution in [0.1, 0.15) is 69.2 Å². The predicted octanol–water partition coefficient (Wildman–Crippen LogP) is 9.18. The third kappa shape index (κ3) is 6.98. The molecule has 1 unspecified atom stereocenters. The molecule has 0 spiro atoms. The molecule has 3 nitrogen and oxygen atoms in total. The Morgan fingerprint density at radius 3 is 2.18 bits per heavy atom. The van der Waals surface area contributed by atoms with Gasteiger partial charge in [0.05, 0.1) is 11.5 Å². The predicted molar refractivity (Wildman–Crippen MR) is 167 cm³/mol. The lowest BCUT2D eigenvalue weighted by atomic mass is 9.92. The lowest BCUT2D eigenvalue weighted by Crippen LogP contribution is -2.19. The van der Waals surface area contributed by atoms with Crippen molar-refractivity contribution in [3.05, 3.63) is 115 Å². The summed E-state index contributed by atoms with van der Waals surface area (Å²) in [5.41, 5.74) is 16.7. The maximum absolute atomic E-state index is 5.68. The Kier molecular flexibility index (Phi) is 10.0. The Bertz CT molecular complexity index is 1270. The van der Waals surface area contributed by atoms with Crippen molar-refractivity contribution in [2.24, 2.45) is 11.7 Å². The van der Waals surface area contributed by atoms with Crippen molar-refractivity contribution in [1.82, 2.24) is 9.88 Å². The molecule has 200 valence electrons. The van der Waals surface area contributed by atoms with Gasteiger partial charge < -0.3 is 15.6 Å². The van der Waals surface area contributed by atoms with Gasteiger partial charge in [0.15, 0.2) is 0 Å². The number of unbranched alkanes of at least 4 members (excludes halogenated alkanes) is 1. The monoisotopic (exact) mass is 507 g/mol. The van der Waals surface area contributed by atoms with Crippen molar-refractivity contribution in [3.8, 4) is 22.4 Å². The van der Waals surface area contributed by atoms with Crippen LogP contribution in [-0.4, -0.2) is 4.57 Å². The van der Waals surface area contributed by atoms with Gasteiger partial charge in [0, 0.05) is 29.1 Å². The molecule has 38 heavy (non-hydrogen) atoms. The van der Waals surface area contributed by atoms with Gasteiger partial charge in [0.25, 0.3) is 0 Å². The highest BCUT2D eigenvalue weighted by Gasteiger charge is 2.26. The Morgan fingerprint density at radius 2 is 1.63 bits per heavy atom. The van der Waals surface area contributed by atoms with Gasteiger partial charge in [0.2, 0.25) is 0 Å². The molecule has 0 aliphatic carbocycles. The number of hydrogen-bond donors (Lipinski definition) is 2. The summed E-state index contributed by atoms with van der Waals surface area (Å²) in [6.07, 6.45) is 6.07. The minimum Gasteiger partial charge on any atom is -0.386 e. The molecule has 3 aromatic rings. The van der Waals surface area contributed by atoms with Crippen LogP contribution in [0.3, 0.4) is 0 Å². The standard InChI is InChI=1S/C35H45N3/c1-9-29(23-27(7)37-28(8)36)15-13-14-22-38-34(25(4)5)32(24(2)3)33(30-16-11-10-12-17-30)35(38)31-20-18-26(6)19-21-31/h9-12,16-21,25,29,37H,1-2,7-8,13-15,22-23,36H2,3-6H3. The smallest absolute Gasteiger partial charge is 0.0927 e. The highest BCUT2D eigenvalue weighted by Crippen LogP contribution is 2.44. The average Bonchev–Trinajstić information content (AvgIpc) is 3.22. The van der Waals surface area contributed by atoms with Crippen molar-refractivity contribution in [2.75, 3.05) is 0 Å². The molecule has 1 atom stereocenters. The maximum Gasteiger partial charge on any atom is 0.0927 e. The zero-order valence-corrected chi connectivity index (χ0v) is 23.8. The van der Waals surface area contributed by atoms with E-state index in [4.69, 9.17) is 5.73 Å². The summed E-state index contributed by atoms with van der Waals surface area (Å²) in [5, 5.41) is 3.04. The van der Waals surface area contributed by atoms with Crippen LogP contribution in [0, 0.1) is 12.8 Å². The number of benzene rings is 2. The fraction of sp³-hybridized carbons (Fsp3) is 0.314. The lowest BCUT2D eigenvalue weighted by molar-refractivity contribution is 0.500. The van der Waals surface area contributed by atoms with Gasteiger partial charge in [-0.15, -0.1) is 6.58 Å². The largest absolute Gasteiger partial charge is 0.386 e. The van der Waals surface area contributed by atoms with Crippen molar-refractivity contribution < 1.29 is 0 Å². The molecule has 3 heteroatoms. The number of nitrogens with two attached hydrogens (primary N) is 1. The zero-order chi connectivity index (χ0) is 27.8. The molecule has 1 heterocycles. The lowest BCUT2D eigenvalue weighted by Gasteiger charge is -2.19. The molecule has 1 aromatic heterocycles. The highest BCUT2D eigenvalue weighted by molar-refractivity contribution is 5.92. The van der Waals surface area contributed by atoms with Crippen molar-refractivity contribution in [2.45, 2.75) is 65.8 Å². The summed E-state index contributed by atoms with van der Waals surface area (Å²) in [6, 6.07) is 19.7. The number of nitrogens with zero attached hydrogens (tertiary/aromatic N) is 1. The van der Waals surface area contributed by atoms with Gasteiger partial charge in [-0.1, -0.05) is 106 Å². The van der Waals surface area contributed by atoms with E-state index in [9.17, 15) is 0 Å². The van der Waals surface area contributed by atoms with E-state index < -0.39 is 0 Å². The van der Waals surface area contributed by atoms with Gasteiger partial charge in [-0.2, -0.15) is 0 Å². The van der Waals surface area contributed by atoms with Crippen LogP contribution < -0.4 is 11.1 Å². The molecule has 0 bridgehead atoms. The number of aryl methyl sites for hydroxylation is 1. The van der Waals surface area contributed by atoms with E-state index in [-0.39, 0.29) is 0 Å². The Labute approximate surface area is 230 Å². The van der Waals surface area contributed by atoms with Crippen LogP contribution >= 0.6 is 0 Å². The molecule has 0 amide bonds. The molecule has 0 saturated carbocycles. The first-order valence-corrected chi connectivity index (χ1v) is 13.7. The fourth-order valence-corrected chi connectivity index (χ4v) is 5.37. The zero-order valence-electron chi connectivity index (χ0n) is 23.8. The van der Waals surface area contributed by atoms with Crippen LogP contribution in [0.25, 0.3) is 28.0 Å². The minimum atomic E-state index is 0.353. The van der Waals surface area contributed by atoms with Gasteiger partial charge >= 0.3 is 0 Å². The Balaban J connectivity index is 2.00. The van der Waals surface area contributed by atoms with Crippen LogP contribution in [-0.2, 0) is 6.54 Å². The molecule has 0 radical (unpaired) electrons. The molecule has 0 fully saturated rings. The van der Waals surface area contributed by atoms with Gasteiger partial charge in [-0.3, -0.25) is 0 Å². The van der Waals surface area contributed by atoms with Crippen molar-refractivity contribution >= 4 is 5.57 Å². The molecule has 0 aliphatic rings. The topological polar surface area (TPSA) is 43.0 Å². The van der Waals surface area contributed by atoms with Crippen LogP contribution in [0.4, 0.5) is 0 Å². The molecule has 3 rings (SSSR count). The third-order valence-corrected chi connectivity index (χ3v) is 7.05. The Hall–Kier alpha value is -3.72. The number of nitrogens with one attached hydrogen (secondary N) is 1. The number of allylic oxidation sites excluding steroid dienone is 3. The van der Waals surface area contributed by atoms with Crippen molar-refractivity contribution in [3.63, 3.8) is 0 Å². The first kappa shape index (κ1) is 28.8. The molecule has 3 N–H and O–H groups in total. The fourth-order valence-electron chi connectivity index (χ4n) is 5.37. The molecular formula is C35H45N3. The average molecular weight is 508 g/mol. The van der Waals surface area contributed by atoms with Crippen molar-refractivity contribution in [1.29, 1.82) is 0 Å². The molecular weight excluding hydrogens is 462 g/mol. The second-order valence-corrected chi connectivity index (χ2v) is 10.8. The van der Waals surface area contributed by atoms with Gasteiger partial charge in [0.1, 0.15) is 0 Å². The second kappa shape index (κ2) is 13.2. The quantitative estimate of drug-likeness (QED) is 0.169. The van der Waals surface area contributed by atoms with E-state index in [1.165, 1.54) is 39.2 Å². The highest BCUT2D eigenvalue weighted by atomic mass is 15.0. The summed E-state index contributed by atoms with van der Waals surface area (Å²) in [4.78, 5) is 0. The van der Waals surface area contributed by atoms with Gasteiger partial charge in [-0.05, 0) is 61.6 Å². The summed E-state index contributed by atoms with van der Waals surface area (Å²) < 4.78 is 2.57. The van der Waals surface area contributed by atoms with Crippen LogP contribution in [0.2, 0.25) is 0 Å². The number of rotatable bonds is 14. The molecule has 0 saturated heterocycles. The summed E-state index contributed by atoms with van der Waals surface area (Å²) >= 11 is 0. The number of aromatic nitrogens is 1. The van der Waals surface area contributed by atoms with E-state index in [2.05, 4.69) is 118 Å². The van der Waals surface area contributed by atoms with Crippen LogP contribution in [0.15, 0.2) is 98.5 Å². The SMILES string of the molecule is C=CC(CCCCn1c(-c2ccc(C)cc2)c(-c2ccccc2)c(C(=C)C)c1C(C)C)CC(=C)NC(=C)N. The van der Waals surface area contributed by atoms with E-state index in [0.717, 1.165) is 43.5 Å². The Morgan fingerprint density at radius 1 is 0.974 bits per heavy atom. The van der Waals surface area contributed by atoms with E-state index >= 15 is 0 Å². The van der Waals surface area contributed by atoms with Crippen LogP contribution in [0.5, 0.6) is 0 Å². The summed E-state index contributed by atoms with van der Waals surface area (Å²) in [6.45, 7) is 26.1. The van der Waals surface area contributed by atoms with E-state index in [0.29, 0.717) is 17.7 Å². The number of hydrogen-bond acceptors (Lipinski definition) is 2. The first-order chi connectivity index (χ1) is 18.1. The normalized spacial score (nSPS) is 11.8. The first-order valence-electron chi connectivity index (χ1n) is 13.7.